The quantitative estimate of drug-likeness (QED) is 0.0739. The Morgan fingerprint density at radius 3 is 2.60 bits per heavy atom. The number of nitrogens with two attached hydrogens (primary N) is 1. The highest BCUT2D eigenvalue weighted by molar-refractivity contribution is 7.50. The maximum atomic E-state index is 13.7. The second kappa shape index (κ2) is 16.3. The van der Waals surface area contributed by atoms with E-state index < -0.39 is 37.9 Å². The Morgan fingerprint density at radius 2 is 1.90 bits per heavy atom. The van der Waals surface area contributed by atoms with Gasteiger partial charge in [0.1, 0.15) is 51.3 Å². The number of aryl methyl sites for hydroxylation is 1. The van der Waals surface area contributed by atoms with Crippen molar-refractivity contribution in [3.05, 3.63) is 83.1 Å². The Kier molecular flexibility index (Phi) is 11.4. The number of carboxylic acid groups (broad SMARTS) is 1. The summed E-state index contributed by atoms with van der Waals surface area (Å²) in [5, 5.41) is 22.4. The van der Waals surface area contributed by atoms with Gasteiger partial charge in [0.15, 0.2) is 11.9 Å². The molecule has 304 valence electrons. The normalized spacial score (nSPS) is 17.8. The molecular weight excluding hydrogens is 767 g/mol. The third-order valence-electron chi connectivity index (χ3n) is 10.1. The van der Waals surface area contributed by atoms with E-state index in [1.165, 1.54) is 25.6 Å². The fraction of sp³-hybridized carbons (Fsp3) is 0.350. The lowest BCUT2D eigenvalue weighted by atomic mass is 9.89. The lowest BCUT2D eigenvalue weighted by Crippen LogP contribution is -2.29. The first-order chi connectivity index (χ1) is 27.6. The summed E-state index contributed by atoms with van der Waals surface area (Å²) >= 11 is 0. The standard InChI is InChI=1S/C40H45N8O9P/c1-46(2)23-10-13-26-30(17-23)55-31-18-24(47(3)4)11-14-27(31)35(26)28-16-22(9-12-25(28)40(50)51)39(49)42-15-7-8-29-36-37(41)43-21-44-38(36)48(45-29)34-19-32(57-58(6,52)53)33(56-34)20-54-5/h9-14,16-18,21,32-34H,7-8,15,19-20H2,1-6H3,(H4-,41,42,43,44,45,49,50,51,52,53)/p-1. The number of methoxy groups -OCH3 is 1. The molecule has 0 radical (unpaired) electrons. The van der Waals surface area contributed by atoms with Crippen LogP contribution in [0.5, 0.6) is 0 Å². The van der Waals surface area contributed by atoms with Gasteiger partial charge in [-0.1, -0.05) is 6.07 Å². The number of carboxylic acids is 1. The zero-order valence-electron chi connectivity index (χ0n) is 32.9. The van der Waals surface area contributed by atoms with Gasteiger partial charge in [-0.15, -0.1) is 0 Å². The smallest absolute Gasteiger partial charge is 0.251 e. The number of nitrogen functional groups attached to an aromatic ring is 1. The van der Waals surface area contributed by atoms with Crippen LogP contribution in [0.1, 0.15) is 45.5 Å². The first kappa shape index (κ1) is 40.5. The van der Waals surface area contributed by atoms with Crippen molar-refractivity contribution in [3.63, 3.8) is 0 Å². The summed E-state index contributed by atoms with van der Waals surface area (Å²) in [6.07, 6.45) is 0.0933. The second-order valence-corrected chi connectivity index (χ2v) is 16.4. The fourth-order valence-electron chi connectivity index (χ4n) is 7.31. The van der Waals surface area contributed by atoms with E-state index in [2.05, 4.69) is 15.3 Å². The summed E-state index contributed by atoms with van der Waals surface area (Å²) in [5.74, 6) is -1.05. The monoisotopic (exact) mass is 811 g/mol. The number of rotatable bonds is 13. The van der Waals surface area contributed by atoms with Crippen molar-refractivity contribution in [1.82, 2.24) is 29.6 Å². The molecule has 58 heavy (non-hydrogen) atoms. The average Bonchev–Trinajstić information content (AvgIpc) is 3.75. The summed E-state index contributed by atoms with van der Waals surface area (Å²) in [6.45, 7) is 1.34. The van der Waals surface area contributed by atoms with E-state index in [4.69, 9.17) is 29.2 Å². The van der Waals surface area contributed by atoms with Crippen molar-refractivity contribution in [1.29, 1.82) is 0 Å². The van der Waals surface area contributed by atoms with Gasteiger partial charge in [0.25, 0.3) is 5.91 Å². The first-order valence-electron chi connectivity index (χ1n) is 18.5. The van der Waals surface area contributed by atoms with Gasteiger partial charge in [-0.05, 0) is 48.7 Å². The Bertz CT molecular complexity index is 2630. The second-order valence-electron chi connectivity index (χ2n) is 14.6. The summed E-state index contributed by atoms with van der Waals surface area (Å²) < 4.78 is 38.6. The fourth-order valence-corrected chi connectivity index (χ4v) is 8.02. The number of anilines is 2. The van der Waals surface area contributed by atoms with Crippen molar-refractivity contribution in [2.45, 2.75) is 37.7 Å². The molecule has 0 spiro atoms. The number of hydrogen-bond donors (Lipinski definition) is 2. The largest absolute Gasteiger partial charge is 0.779 e. The number of aromatic carboxylic acids is 1. The van der Waals surface area contributed by atoms with Crippen molar-refractivity contribution >= 4 is 53.0 Å². The number of benzene rings is 3. The van der Waals surface area contributed by atoms with Gasteiger partial charge in [-0.2, -0.15) is 5.10 Å². The molecular formula is C40H44N8O9P-. The van der Waals surface area contributed by atoms with Gasteiger partial charge in [0.05, 0.1) is 35.8 Å². The van der Waals surface area contributed by atoms with Crippen molar-refractivity contribution < 1.29 is 42.6 Å². The van der Waals surface area contributed by atoms with Gasteiger partial charge in [0.2, 0.25) is 5.36 Å². The highest BCUT2D eigenvalue weighted by Gasteiger charge is 2.40. The highest BCUT2D eigenvalue weighted by atomic mass is 31.2. The van der Waals surface area contributed by atoms with Gasteiger partial charge < -0.3 is 53.7 Å². The SMILES string of the molecule is COCC1OC(n2nc(CCCNC(=O)c3ccc(C(=O)[O-])c(-c4c5ccc(=[N+](C)C)cc-5oc5cc(N(C)C)ccc45)c3)c3c(N)ncnc32)CC1OP(C)(=O)[O-]. The van der Waals surface area contributed by atoms with E-state index in [0.717, 1.165) is 17.7 Å². The molecule has 4 atom stereocenters. The predicted molar refractivity (Wildman–Crippen MR) is 213 cm³/mol. The molecule has 3 aliphatic rings. The minimum absolute atomic E-state index is 0.0737. The molecule has 2 aliphatic heterocycles. The molecule has 17 nitrogen and oxygen atoms in total. The number of nitrogens with zero attached hydrogens (tertiary/aromatic N) is 6. The van der Waals surface area contributed by atoms with Gasteiger partial charge in [0, 0.05) is 86.3 Å². The zero-order chi connectivity index (χ0) is 41.5. The van der Waals surface area contributed by atoms with Crippen LogP contribution in [-0.4, -0.2) is 98.9 Å². The number of fused-ring (bicyclic) bond motifs is 3. The molecule has 1 aliphatic carbocycles. The van der Waals surface area contributed by atoms with Crippen molar-refractivity contribution in [2.75, 3.05) is 65.8 Å². The molecule has 2 aromatic heterocycles. The van der Waals surface area contributed by atoms with Crippen LogP contribution in [-0.2, 0) is 25.0 Å². The summed E-state index contributed by atoms with van der Waals surface area (Å²) in [5.41, 5.74) is 10.4. The van der Waals surface area contributed by atoms with Crippen molar-refractivity contribution in [2.24, 2.45) is 0 Å². The van der Waals surface area contributed by atoms with Gasteiger partial charge in [-0.3, -0.25) is 4.79 Å². The lowest BCUT2D eigenvalue weighted by Gasteiger charge is -2.25. The van der Waals surface area contributed by atoms with E-state index in [0.29, 0.717) is 63.0 Å². The van der Waals surface area contributed by atoms with Gasteiger partial charge >= 0.3 is 0 Å². The number of ether oxygens (including phenoxy) is 2. The van der Waals surface area contributed by atoms with E-state index in [-0.39, 0.29) is 36.5 Å². The molecule has 3 N–H and O–H groups in total. The average molecular weight is 812 g/mol. The molecule has 1 amide bonds. The minimum atomic E-state index is -4.08. The van der Waals surface area contributed by atoms with Crippen LogP contribution < -0.4 is 35.9 Å². The Labute approximate surface area is 333 Å². The van der Waals surface area contributed by atoms with Crippen LogP contribution >= 0.6 is 7.60 Å². The predicted octanol–water partition coefficient (Wildman–Crippen LogP) is 2.25. The maximum absolute atomic E-state index is 13.7. The van der Waals surface area contributed by atoms with Crippen LogP contribution in [0.2, 0.25) is 0 Å². The lowest BCUT2D eigenvalue weighted by molar-refractivity contribution is -0.255. The van der Waals surface area contributed by atoms with E-state index in [1.807, 2.05) is 74.1 Å². The summed E-state index contributed by atoms with van der Waals surface area (Å²) in [6, 6.07) is 15.8. The highest BCUT2D eigenvalue weighted by Crippen LogP contribution is 2.43. The third-order valence-corrected chi connectivity index (χ3v) is 10.7. The minimum Gasteiger partial charge on any atom is -0.779 e. The summed E-state index contributed by atoms with van der Waals surface area (Å²) in [4.78, 5) is 48.8. The van der Waals surface area contributed by atoms with Crippen LogP contribution in [0.25, 0.3) is 44.5 Å². The van der Waals surface area contributed by atoms with Crippen LogP contribution in [0.4, 0.5) is 11.5 Å². The zero-order valence-corrected chi connectivity index (χ0v) is 33.8. The molecule has 4 heterocycles. The molecule has 18 heteroatoms. The molecule has 2 aromatic carbocycles. The molecule has 1 fully saturated rings. The molecule has 4 unspecified atom stereocenters. The Hall–Kier alpha value is -5.71. The molecule has 4 aromatic rings. The molecule has 0 saturated carbocycles. The number of hydrogen-bond acceptors (Lipinski definition) is 14. The molecule has 7 rings (SSSR count). The molecule has 1 saturated heterocycles. The third kappa shape index (κ3) is 8.17. The van der Waals surface area contributed by atoms with Crippen LogP contribution in [0.15, 0.2) is 65.3 Å². The number of aromatic nitrogens is 4. The maximum Gasteiger partial charge on any atom is 0.251 e. The van der Waals surface area contributed by atoms with E-state index in [9.17, 15) is 24.2 Å². The summed E-state index contributed by atoms with van der Waals surface area (Å²) in [7, 11) is 5.08. The van der Waals surface area contributed by atoms with Crippen molar-refractivity contribution in [3.8, 4) is 22.5 Å². The first-order valence-corrected chi connectivity index (χ1v) is 20.5. The number of carbonyl (C=O) groups excluding carboxylic acids is 2. The number of nitrogens with one attached hydrogen (secondary N) is 1. The Morgan fingerprint density at radius 1 is 1.10 bits per heavy atom. The van der Waals surface area contributed by atoms with E-state index in [1.54, 1.807) is 10.7 Å². The van der Waals surface area contributed by atoms with Crippen LogP contribution in [0, 0.1) is 0 Å². The van der Waals surface area contributed by atoms with E-state index >= 15 is 0 Å². The topological polar surface area (TPSA) is 226 Å². The molecule has 0 bridgehead atoms. The Balaban J connectivity index is 1.15. The van der Waals surface area contributed by atoms with Crippen LogP contribution in [0.3, 0.4) is 0 Å². The van der Waals surface area contributed by atoms with Gasteiger partial charge in [-0.25, -0.2) is 19.2 Å². The number of carbonyl (C=O) groups is 2. The number of amides is 1.